The molecule has 3 aromatic rings. The third kappa shape index (κ3) is 8.25. The lowest BCUT2D eigenvalue weighted by Crippen LogP contribution is -2.40. The normalized spacial score (nSPS) is 16.2. The van der Waals surface area contributed by atoms with E-state index in [2.05, 4.69) is 28.6 Å². The molecule has 0 spiro atoms. The van der Waals surface area contributed by atoms with Crippen LogP contribution in [-0.4, -0.2) is 48.9 Å². The fourth-order valence-corrected chi connectivity index (χ4v) is 6.15. The Labute approximate surface area is 255 Å². The first-order valence-corrected chi connectivity index (χ1v) is 15.5. The average Bonchev–Trinajstić information content (AvgIpc) is 3.31. The van der Waals surface area contributed by atoms with Crippen LogP contribution in [-0.2, 0) is 14.3 Å². The van der Waals surface area contributed by atoms with Crippen LogP contribution >= 0.6 is 0 Å². The standard InChI is InChI=1S/C35H43N3O3.CH2O/c1-4-40-35(39)31(26(2)38(24-27-13-8-7-9-14-27)30-15-10-5-6-11-16-30)25-37(3)29-20-18-28(19-21-29)34-23-32-33(41-34)17-12-22-36-32;1-2/h5-6,12,17-23,25,27,30H,2,4,7-11,13-16,24H2,1,3H3;1H2/b31-25+;. The molecule has 1 saturated carbocycles. The Balaban J connectivity index is 0.00000207. The summed E-state index contributed by atoms with van der Waals surface area (Å²) in [5.41, 5.74) is 4.83. The monoisotopic (exact) mass is 583 g/mol. The zero-order chi connectivity index (χ0) is 30.6. The van der Waals surface area contributed by atoms with Crippen molar-refractivity contribution in [3.63, 3.8) is 0 Å². The minimum absolute atomic E-state index is 0.323. The van der Waals surface area contributed by atoms with E-state index in [1.165, 1.54) is 32.1 Å². The van der Waals surface area contributed by atoms with Crippen LogP contribution in [0.2, 0.25) is 0 Å². The van der Waals surface area contributed by atoms with Gasteiger partial charge in [0.15, 0.2) is 5.58 Å². The molecule has 5 rings (SSSR count). The van der Waals surface area contributed by atoms with Crippen LogP contribution < -0.4 is 4.90 Å². The van der Waals surface area contributed by atoms with Crippen molar-refractivity contribution in [2.45, 2.75) is 70.8 Å². The van der Waals surface area contributed by atoms with Crippen molar-refractivity contribution < 1.29 is 18.7 Å². The highest BCUT2D eigenvalue weighted by Crippen LogP contribution is 2.32. The molecule has 0 N–H and O–H groups in total. The third-order valence-electron chi connectivity index (χ3n) is 8.44. The maximum atomic E-state index is 13.4. The van der Waals surface area contributed by atoms with E-state index in [0.717, 1.165) is 66.0 Å². The van der Waals surface area contributed by atoms with Gasteiger partial charge in [-0.2, -0.15) is 0 Å². The van der Waals surface area contributed by atoms with Gasteiger partial charge in [0.05, 0.1) is 12.2 Å². The Bertz CT molecular complexity index is 1360. The SMILES string of the molecule is C=C(/C(=C\N(C)c1ccc(-c2cc3ncccc3o2)cc1)C(=O)OCC)N(CC1CCCCC1)C1CCC=CCC1.C=O. The van der Waals surface area contributed by atoms with E-state index in [9.17, 15) is 4.79 Å². The van der Waals surface area contributed by atoms with Crippen LogP contribution in [0.1, 0.15) is 64.7 Å². The molecule has 7 nitrogen and oxygen atoms in total. The van der Waals surface area contributed by atoms with Crippen LogP contribution in [0.15, 0.2) is 89.3 Å². The van der Waals surface area contributed by atoms with E-state index in [1.807, 2.05) is 74.3 Å². The number of fused-ring (bicyclic) bond motifs is 1. The number of rotatable bonds is 10. The van der Waals surface area contributed by atoms with Gasteiger partial charge in [0.25, 0.3) is 0 Å². The molecule has 1 aromatic carbocycles. The van der Waals surface area contributed by atoms with E-state index < -0.39 is 0 Å². The number of allylic oxidation sites excluding steroid dienone is 2. The highest BCUT2D eigenvalue weighted by atomic mass is 16.5. The molecule has 0 aliphatic heterocycles. The van der Waals surface area contributed by atoms with E-state index in [0.29, 0.717) is 24.1 Å². The number of esters is 1. The smallest absolute Gasteiger partial charge is 0.341 e. The minimum atomic E-state index is -0.323. The molecular weight excluding hydrogens is 538 g/mol. The Kier molecular flexibility index (Phi) is 11.8. The van der Waals surface area contributed by atoms with Gasteiger partial charge in [-0.3, -0.25) is 4.98 Å². The predicted molar refractivity (Wildman–Crippen MR) is 174 cm³/mol. The second-order valence-corrected chi connectivity index (χ2v) is 11.3. The van der Waals surface area contributed by atoms with Crippen molar-refractivity contribution in [1.82, 2.24) is 9.88 Å². The molecule has 0 radical (unpaired) electrons. The van der Waals surface area contributed by atoms with E-state index in [-0.39, 0.29) is 5.97 Å². The summed E-state index contributed by atoms with van der Waals surface area (Å²) in [6, 6.07) is 14.3. The highest BCUT2D eigenvalue weighted by Gasteiger charge is 2.29. The number of pyridine rings is 1. The van der Waals surface area contributed by atoms with Gasteiger partial charge in [-0.1, -0.05) is 38.0 Å². The second kappa shape index (κ2) is 15.9. The lowest BCUT2D eigenvalue weighted by Gasteiger charge is -2.39. The number of carbonyl (C=O) groups excluding carboxylic acids is 2. The van der Waals surface area contributed by atoms with Gasteiger partial charge in [0.2, 0.25) is 0 Å². The van der Waals surface area contributed by atoms with Crippen LogP contribution in [0.25, 0.3) is 22.4 Å². The molecule has 0 unspecified atom stereocenters. The zero-order valence-electron chi connectivity index (χ0n) is 25.7. The number of benzene rings is 1. The fraction of sp³-hybridized carbons (Fsp3) is 0.417. The van der Waals surface area contributed by atoms with Crippen LogP contribution in [0, 0.1) is 5.92 Å². The minimum Gasteiger partial charge on any atom is -0.462 e. The summed E-state index contributed by atoms with van der Waals surface area (Å²) >= 11 is 0. The molecule has 2 aliphatic carbocycles. The Hall–Kier alpha value is -4.13. The fourth-order valence-electron chi connectivity index (χ4n) is 6.15. The van der Waals surface area contributed by atoms with Crippen molar-refractivity contribution in [2.75, 3.05) is 25.1 Å². The number of furan rings is 1. The van der Waals surface area contributed by atoms with Crippen molar-refractivity contribution in [1.29, 1.82) is 0 Å². The van der Waals surface area contributed by atoms with Gasteiger partial charge < -0.3 is 23.7 Å². The number of aromatic nitrogens is 1. The van der Waals surface area contributed by atoms with Crippen LogP contribution in [0.4, 0.5) is 5.69 Å². The Morgan fingerprint density at radius 3 is 2.40 bits per heavy atom. The van der Waals surface area contributed by atoms with E-state index >= 15 is 0 Å². The van der Waals surface area contributed by atoms with Gasteiger partial charge in [0.1, 0.15) is 18.1 Å². The summed E-state index contributed by atoms with van der Waals surface area (Å²) in [5, 5.41) is 0. The number of ether oxygens (including phenoxy) is 1. The zero-order valence-corrected chi connectivity index (χ0v) is 25.7. The first-order chi connectivity index (χ1) is 21.0. The molecule has 2 heterocycles. The maximum absolute atomic E-state index is 13.4. The molecular formula is C36H45N3O4. The Morgan fingerprint density at radius 2 is 1.74 bits per heavy atom. The van der Waals surface area contributed by atoms with Gasteiger partial charge >= 0.3 is 5.97 Å². The van der Waals surface area contributed by atoms with Crippen LogP contribution in [0.3, 0.4) is 0 Å². The molecule has 0 bridgehead atoms. The Morgan fingerprint density at radius 1 is 1.05 bits per heavy atom. The van der Waals surface area contributed by atoms with E-state index in [4.69, 9.17) is 13.9 Å². The maximum Gasteiger partial charge on any atom is 0.341 e. The first-order valence-electron chi connectivity index (χ1n) is 15.5. The molecule has 2 aromatic heterocycles. The number of anilines is 1. The summed E-state index contributed by atoms with van der Waals surface area (Å²) in [6.07, 6.45) is 18.9. The molecule has 2 aliphatic rings. The van der Waals surface area contributed by atoms with Gasteiger partial charge in [0, 0.05) is 55.0 Å². The molecule has 1 fully saturated rings. The van der Waals surface area contributed by atoms with Gasteiger partial charge in [-0.25, -0.2) is 4.79 Å². The second-order valence-electron chi connectivity index (χ2n) is 11.3. The van der Waals surface area contributed by atoms with Crippen molar-refractivity contribution in [3.05, 3.63) is 84.9 Å². The van der Waals surface area contributed by atoms with Crippen LogP contribution in [0.5, 0.6) is 0 Å². The molecule has 43 heavy (non-hydrogen) atoms. The molecule has 0 amide bonds. The summed E-state index contributed by atoms with van der Waals surface area (Å²) in [5.74, 6) is 1.09. The lowest BCUT2D eigenvalue weighted by atomic mass is 9.88. The summed E-state index contributed by atoms with van der Waals surface area (Å²) in [7, 11) is 1.97. The first kappa shape index (κ1) is 31.8. The van der Waals surface area contributed by atoms with Gasteiger partial charge in [-0.05, 0) is 87.8 Å². The molecule has 7 heteroatoms. The number of nitrogens with zero attached hydrogens (tertiary/aromatic N) is 3. The largest absolute Gasteiger partial charge is 0.462 e. The summed E-state index contributed by atoms with van der Waals surface area (Å²) in [6.45, 7) is 9.67. The lowest BCUT2D eigenvalue weighted by molar-refractivity contribution is -0.138. The summed E-state index contributed by atoms with van der Waals surface area (Å²) in [4.78, 5) is 30.2. The predicted octanol–water partition coefficient (Wildman–Crippen LogP) is 8.09. The van der Waals surface area contributed by atoms with Crippen molar-refractivity contribution in [2.24, 2.45) is 5.92 Å². The number of carbonyl (C=O) groups is 2. The van der Waals surface area contributed by atoms with Crippen molar-refractivity contribution in [3.8, 4) is 11.3 Å². The topological polar surface area (TPSA) is 75.9 Å². The van der Waals surface area contributed by atoms with E-state index in [1.54, 1.807) is 6.20 Å². The highest BCUT2D eigenvalue weighted by molar-refractivity contribution is 5.93. The van der Waals surface area contributed by atoms with Gasteiger partial charge in [-0.15, -0.1) is 0 Å². The summed E-state index contributed by atoms with van der Waals surface area (Å²) < 4.78 is 11.6. The molecule has 0 atom stereocenters. The molecule has 228 valence electrons. The van der Waals surface area contributed by atoms with Crippen molar-refractivity contribution >= 4 is 29.5 Å². The number of hydrogen-bond acceptors (Lipinski definition) is 7. The quantitative estimate of drug-likeness (QED) is 0.103. The third-order valence-corrected chi connectivity index (χ3v) is 8.44. The number of hydrogen-bond donors (Lipinski definition) is 0. The average molecular weight is 584 g/mol. The molecule has 0 saturated heterocycles.